The van der Waals surface area contributed by atoms with Gasteiger partial charge in [0, 0.05) is 17.6 Å². The van der Waals surface area contributed by atoms with E-state index in [0.717, 1.165) is 6.42 Å². The molecule has 1 aliphatic heterocycles. The fourth-order valence-corrected chi connectivity index (χ4v) is 3.99. The first kappa shape index (κ1) is 15.8. The lowest BCUT2D eigenvalue weighted by molar-refractivity contribution is 0.199. The van der Waals surface area contributed by atoms with Crippen LogP contribution in [0.25, 0.3) is 0 Å². The first-order valence-electron chi connectivity index (χ1n) is 7.87. The Labute approximate surface area is 131 Å². The van der Waals surface area contributed by atoms with E-state index >= 15 is 0 Å². The van der Waals surface area contributed by atoms with Gasteiger partial charge in [-0.15, -0.1) is 0 Å². The molecule has 20 heavy (non-hydrogen) atoms. The molecule has 0 saturated carbocycles. The molecular formula is C17H27BrN2. The Balaban J connectivity index is 2.07. The highest BCUT2D eigenvalue weighted by atomic mass is 79.9. The Morgan fingerprint density at radius 2 is 1.85 bits per heavy atom. The number of nitrogens with two attached hydrogens (primary N) is 1. The lowest BCUT2D eigenvalue weighted by Crippen LogP contribution is -2.39. The summed E-state index contributed by atoms with van der Waals surface area (Å²) in [6.45, 7) is 7.76. The molecule has 112 valence electrons. The number of nitrogens with zero attached hydrogens (tertiary/aromatic N) is 1. The van der Waals surface area contributed by atoms with Crippen LogP contribution in [0.3, 0.4) is 0 Å². The number of halogens is 1. The number of benzene rings is 1. The van der Waals surface area contributed by atoms with Gasteiger partial charge in [-0.05, 0) is 64.8 Å². The minimum Gasteiger partial charge on any atom is -0.371 e. The Morgan fingerprint density at radius 1 is 1.20 bits per heavy atom. The first-order valence-corrected chi connectivity index (χ1v) is 8.67. The molecule has 1 aliphatic rings. The van der Waals surface area contributed by atoms with E-state index in [1.165, 1.54) is 54.5 Å². The van der Waals surface area contributed by atoms with Crippen molar-refractivity contribution in [3.8, 4) is 0 Å². The molecule has 2 nitrogen and oxygen atoms in total. The van der Waals surface area contributed by atoms with Crippen molar-refractivity contribution in [3.05, 3.63) is 28.2 Å². The minimum absolute atomic E-state index is 0.586. The van der Waals surface area contributed by atoms with Gasteiger partial charge in [-0.3, -0.25) is 0 Å². The molecule has 0 bridgehead atoms. The second kappa shape index (κ2) is 6.95. The smallest absolute Gasteiger partial charge is 0.0510 e. The van der Waals surface area contributed by atoms with Crippen LogP contribution in [0, 0.1) is 5.41 Å². The van der Waals surface area contributed by atoms with Gasteiger partial charge in [0.1, 0.15) is 0 Å². The van der Waals surface area contributed by atoms with Crippen LogP contribution in [0.5, 0.6) is 0 Å². The Bertz CT molecular complexity index is 431. The van der Waals surface area contributed by atoms with Crippen LogP contribution in [-0.4, -0.2) is 19.6 Å². The summed E-state index contributed by atoms with van der Waals surface area (Å²) in [5.41, 5.74) is 8.87. The average Bonchev–Trinajstić information content (AvgIpc) is 2.48. The third-order valence-corrected chi connectivity index (χ3v) is 5.75. The second-order valence-electron chi connectivity index (χ2n) is 6.02. The van der Waals surface area contributed by atoms with Crippen molar-refractivity contribution in [3.63, 3.8) is 0 Å². The Morgan fingerprint density at radius 3 is 2.35 bits per heavy atom. The van der Waals surface area contributed by atoms with E-state index in [4.69, 9.17) is 5.73 Å². The van der Waals surface area contributed by atoms with E-state index in [0.29, 0.717) is 12.0 Å². The summed E-state index contributed by atoms with van der Waals surface area (Å²) in [6.07, 6.45) is 6.21. The van der Waals surface area contributed by atoms with Gasteiger partial charge in [0.05, 0.1) is 5.69 Å². The van der Waals surface area contributed by atoms with Gasteiger partial charge in [0.25, 0.3) is 0 Å². The van der Waals surface area contributed by atoms with Gasteiger partial charge in [0.2, 0.25) is 0 Å². The normalized spacial score (nSPS) is 18.3. The van der Waals surface area contributed by atoms with Crippen LogP contribution >= 0.6 is 15.9 Å². The standard InChI is InChI=1S/C17H27BrN2/c1-3-17(4-2)8-11-20(12-9-17)16-6-5-14(7-10-19)13-15(16)18/h5-6,13H,3-4,7-12,19H2,1-2H3. The summed E-state index contributed by atoms with van der Waals surface area (Å²) in [5.74, 6) is 0. The predicted molar refractivity (Wildman–Crippen MR) is 91.4 cm³/mol. The highest BCUT2D eigenvalue weighted by molar-refractivity contribution is 9.10. The van der Waals surface area contributed by atoms with Gasteiger partial charge >= 0.3 is 0 Å². The van der Waals surface area contributed by atoms with E-state index in [1.54, 1.807) is 0 Å². The molecule has 0 unspecified atom stereocenters. The van der Waals surface area contributed by atoms with Crippen LogP contribution < -0.4 is 10.6 Å². The van der Waals surface area contributed by atoms with Crippen LogP contribution in [0.2, 0.25) is 0 Å². The van der Waals surface area contributed by atoms with Crippen LogP contribution in [0.4, 0.5) is 5.69 Å². The zero-order valence-corrected chi connectivity index (χ0v) is 14.4. The first-order chi connectivity index (χ1) is 9.64. The maximum atomic E-state index is 5.63. The third-order valence-electron chi connectivity index (χ3n) is 5.11. The SMILES string of the molecule is CCC1(CC)CCN(c2ccc(CCN)cc2Br)CC1. The van der Waals surface area contributed by atoms with E-state index in [-0.39, 0.29) is 0 Å². The average molecular weight is 339 g/mol. The maximum Gasteiger partial charge on any atom is 0.0510 e. The molecule has 0 aromatic heterocycles. The molecule has 3 heteroatoms. The quantitative estimate of drug-likeness (QED) is 0.864. The predicted octanol–water partition coefficient (Wildman–Crippen LogP) is 4.36. The molecule has 1 aromatic rings. The van der Waals surface area contributed by atoms with Crippen molar-refractivity contribution < 1.29 is 0 Å². The molecule has 0 amide bonds. The number of rotatable bonds is 5. The largest absolute Gasteiger partial charge is 0.371 e. The molecule has 2 rings (SSSR count). The van der Waals surface area contributed by atoms with Crippen molar-refractivity contribution in [2.45, 2.75) is 46.0 Å². The third kappa shape index (κ3) is 3.37. The van der Waals surface area contributed by atoms with Gasteiger partial charge in [-0.25, -0.2) is 0 Å². The molecule has 0 spiro atoms. The lowest BCUT2D eigenvalue weighted by Gasteiger charge is -2.42. The van der Waals surface area contributed by atoms with Gasteiger partial charge in [0.15, 0.2) is 0 Å². The monoisotopic (exact) mass is 338 g/mol. The molecule has 2 N–H and O–H groups in total. The van der Waals surface area contributed by atoms with Crippen molar-refractivity contribution in [1.29, 1.82) is 0 Å². The fraction of sp³-hybridized carbons (Fsp3) is 0.647. The van der Waals surface area contributed by atoms with Crippen LogP contribution in [0.15, 0.2) is 22.7 Å². The highest BCUT2D eigenvalue weighted by Gasteiger charge is 2.31. The number of hydrogen-bond donors (Lipinski definition) is 1. The molecular weight excluding hydrogens is 312 g/mol. The van der Waals surface area contributed by atoms with Crippen LogP contribution in [0.1, 0.15) is 45.1 Å². The van der Waals surface area contributed by atoms with Gasteiger partial charge in [-0.1, -0.05) is 32.8 Å². The molecule has 0 atom stereocenters. The van der Waals surface area contributed by atoms with Gasteiger partial charge < -0.3 is 10.6 Å². The number of anilines is 1. The lowest BCUT2D eigenvalue weighted by atomic mass is 9.74. The number of piperidine rings is 1. The molecule has 1 fully saturated rings. The molecule has 0 radical (unpaired) electrons. The summed E-state index contributed by atoms with van der Waals surface area (Å²) in [6, 6.07) is 6.69. The molecule has 1 aromatic carbocycles. The van der Waals surface area contributed by atoms with E-state index in [2.05, 4.69) is 52.9 Å². The summed E-state index contributed by atoms with van der Waals surface area (Å²) >= 11 is 3.73. The molecule has 1 heterocycles. The van der Waals surface area contributed by atoms with Crippen LogP contribution in [-0.2, 0) is 6.42 Å². The summed E-state index contributed by atoms with van der Waals surface area (Å²) in [4.78, 5) is 2.53. The van der Waals surface area contributed by atoms with Crippen molar-refractivity contribution in [1.82, 2.24) is 0 Å². The number of hydrogen-bond acceptors (Lipinski definition) is 2. The van der Waals surface area contributed by atoms with Gasteiger partial charge in [-0.2, -0.15) is 0 Å². The topological polar surface area (TPSA) is 29.3 Å². The van der Waals surface area contributed by atoms with E-state index in [1.807, 2.05) is 0 Å². The molecule has 0 aliphatic carbocycles. The minimum atomic E-state index is 0.586. The summed E-state index contributed by atoms with van der Waals surface area (Å²) < 4.78 is 1.21. The van der Waals surface area contributed by atoms with Crippen molar-refractivity contribution in [2.75, 3.05) is 24.5 Å². The Kier molecular flexibility index (Phi) is 5.50. The highest BCUT2D eigenvalue weighted by Crippen LogP contribution is 2.40. The zero-order chi connectivity index (χ0) is 14.6. The zero-order valence-electron chi connectivity index (χ0n) is 12.8. The van der Waals surface area contributed by atoms with Crippen molar-refractivity contribution in [2.24, 2.45) is 11.1 Å². The Hall–Kier alpha value is -0.540. The van der Waals surface area contributed by atoms with E-state index in [9.17, 15) is 0 Å². The van der Waals surface area contributed by atoms with E-state index < -0.39 is 0 Å². The maximum absolute atomic E-state index is 5.63. The summed E-state index contributed by atoms with van der Waals surface area (Å²) in [7, 11) is 0. The summed E-state index contributed by atoms with van der Waals surface area (Å²) in [5, 5.41) is 0. The second-order valence-corrected chi connectivity index (χ2v) is 6.87. The molecule has 1 saturated heterocycles. The van der Waals surface area contributed by atoms with Crippen molar-refractivity contribution >= 4 is 21.6 Å². The fourth-order valence-electron chi connectivity index (χ4n) is 3.31.